The number of aromatic nitrogens is 4. The van der Waals surface area contributed by atoms with Crippen molar-refractivity contribution in [2.24, 2.45) is 0 Å². The van der Waals surface area contributed by atoms with Crippen molar-refractivity contribution in [1.82, 2.24) is 20.0 Å². The highest BCUT2D eigenvalue weighted by atomic mass is 19.4. The van der Waals surface area contributed by atoms with Gasteiger partial charge in [-0.15, -0.1) is 0 Å². The minimum absolute atomic E-state index is 0.0511. The summed E-state index contributed by atoms with van der Waals surface area (Å²) in [5.41, 5.74) is -1.48. The Morgan fingerprint density at radius 2 is 1.88 bits per heavy atom. The molecule has 3 rings (SSSR count). The molecule has 0 unspecified atom stereocenters. The van der Waals surface area contributed by atoms with Crippen LogP contribution in [0.3, 0.4) is 0 Å². The molecule has 0 aliphatic heterocycles. The molecule has 1 atom stereocenters. The predicted octanol–water partition coefficient (Wildman–Crippen LogP) is 3.91. The number of ether oxygens (including phenoxy) is 3. The Bertz CT molecular complexity index is 1140. The van der Waals surface area contributed by atoms with Crippen LogP contribution >= 0.6 is 0 Å². The highest BCUT2D eigenvalue weighted by Crippen LogP contribution is 2.38. The van der Waals surface area contributed by atoms with Crippen LogP contribution in [0.4, 0.5) is 23.2 Å². The van der Waals surface area contributed by atoms with Crippen LogP contribution in [-0.4, -0.2) is 52.8 Å². The zero-order chi connectivity index (χ0) is 24.9. The SMILES string of the molecule is COC[C@H](C)Nc1c(F)cc(Oc2ncc(Cn3nccn3)cc2C(F)(F)F)cc1C(=O)OC. The van der Waals surface area contributed by atoms with Crippen LogP contribution in [0.1, 0.15) is 28.4 Å². The number of methoxy groups -OCH3 is 2. The van der Waals surface area contributed by atoms with E-state index < -0.39 is 29.4 Å². The van der Waals surface area contributed by atoms with Crippen molar-refractivity contribution < 1.29 is 36.6 Å². The van der Waals surface area contributed by atoms with Gasteiger partial charge in [-0.3, -0.25) is 0 Å². The van der Waals surface area contributed by atoms with E-state index in [1.165, 1.54) is 24.3 Å². The first-order chi connectivity index (χ1) is 16.1. The second-order valence-electron chi connectivity index (χ2n) is 7.18. The molecule has 0 saturated carbocycles. The standard InChI is InChI=1S/C21H21F4N5O4/c1-12(11-32-2)29-18-15(20(31)33-3)7-14(8-17(18)22)34-19-16(21(23,24)25)6-13(9-26-19)10-30-27-4-5-28-30/h4-9,12,29H,10-11H2,1-3H3/t12-/m0/s1. The molecule has 13 heteroatoms. The summed E-state index contributed by atoms with van der Waals surface area (Å²) < 4.78 is 70.9. The molecule has 0 amide bonds. The number of carbonyl (C=O) groups is 1. The van der Waals surface area contributed by atoms with E-state index in [2.05, 4.69) is 25.2 Å². The molecule has 0 aliphatic carbocycles. The Morgan fingerprint density at radius 1 is 1.18 bits per heavy atom. The van der Waals surface area contributed by atoms with Crippen LogP contribution in [0.25, 0.3) is 0 Å². The quantitative estimate of drug-likeness (QED) is 0.361. The fraction of sp³-hybridized carbons (Fsp3) is 0.333. The monoisotopic (exact) mass is 483 g/mol. The summed E-state index contributed by atoms with van der Waals surface area (Å²) in [6.07, 6.45) is -0.889. The number of alkyl halides is 3. The molecule has 0 bridgehead atoms. The van der Waals surface area contributed by atoms with Crippen LogP contribution in [0.5, 0.6) is 11.6 Å². The number of benzene rings is 1. The largest absolute Gasteiger partial charge is 0.465 e. The number of rotatable bonds is 9. The number of nitrogens with one attached hydrogen (secondary N) is 1. The van der Waals surface area contributed by atoms with E-state index in [1.54, 1.807) is 6.92 Å². The second-order valence-corrected chi connectivity index (χ2v) is 7.18. The van der Waals surface area contributed by atoms with Gasteiger partial charge in [-0.05, 0) is 24.6 Å². The molecule has 0 radical (unpaired) electrons. The van der Waals surface area contributed by atoms with Crippen molar-refractivity contribution in [3.63, 3.8) is 0 Å². The average molecular weight is 483 g/mol. The Labute approximate surface area is 191 Å². The molecular weight excluding hydrogens is 462 g/mol. The van der Waals surface area contributed by atoms with Gasteiger partial charge in [0.1, 0.15) is 11.3 Å². The van der Waals surface area contributed by atoms with E-state index in [4.69, 9.17) is 9.47 Å². The van der Waals surface area contributed by atoms with Gasteiger partial charge in [0.2, 0.25) is 5.88 Å². The maximum absolute atomic E-state index is 14.9. The number of esters is 1. The minimum Gasteiger partial charge on any atom is -0.465 e. The molecule has 2 heterocycles. The van der Waals surface area contributed by atoms with E-state index in [9.17, 15) is 22.4 Å². The van der Waals surface area contributed by atoms with Gasteiger partial charge in [-0.2, -0.15) is 28.2 Å². The smallest absolute Gasteiger partial charge is 0.421 e. The maximum atomic E-state index is 14.9. The number of pyridine rings is 1. The molecule has 0 aliphatic rings. The van der Waals surface area contributed by atoms with Gasteiger partial charge < -0.3 is 19.5 Å². The summed E-state index contributed by atoms with van der Waals surface area (Å²) in [6.45, 7) is 1.84. The lowest BCUT2D eigenvalue weighted by atomic mass is 10.1. The molecule has 0 fully saturated rings. The topological polar surface area (TPSA) is 100 Å². The zero-order valence-corrected chi connectivity index (χ0v) is 18.4. The van der Waals surface area contributed by atoms with Gasteiger partial charge in [0.15, 0.2) is 5.82 Å². The fourth-order valence-corrected chi connectivity index (χ4v) is 3.06. The summed E-state index contributed by atoms with van der Waals surface area (Å²) in [4.78, 5) is 17.2. The van der Waals surface area contributed by atoms with Gasteiger partial charge in [0.05, 0.1) is 43.9 Å². The van der Waals surface area contributed by atoms with E-state index in [0.717, 1.165) is 31.5 Å². The molecule has 1 aromatic carbocycles. The maximum Gasteiger partial charge on any atom is 0.421 e. The van der Waals surface area contributed by atoms with E-state index in [0.29, 0.717) is 0 Å². The Morgan fingerprint density at radius 3 is 2.50 bits per heavy atom. The van der Waals surface area contributed by atoms with Crippen LogP contribution < -0.4 is 10.1 Å². The number of nitrogens with zero attached hydrogens (tertiary/aromatic N) is 4. The summed E-state index contributed by atoms with van der Waals surface area (Å²) >= 11 is 0. The number of halogens is 4. The lowest BCUT2D eigenvalue weighted by Gasteiger charge is -2.19. The van der Waals surface area contributed by atoms with Crippen LogP contribution in [-0.2, 0) is 22.2 Å². The first kappa shape index (κ1) is 24.9. The summed E-state index contributed by atoms with van der Waals surface area (Å²) in [5, 5.41) is 10.5. The summed E-state index contributed by atoms with van der Waals surface area (Å²) in [5.74, 6) is -3.03. The molecule has 0 spiro atoms. The second kappa shape index (κ2) is 10.5. The lowest BCUT2D eigenvalue weighted by molar-refractivity contribution is -0.138. The third-order valence-electron chi connectivity index (χ3n) is 4.49. The fourth-order valence-electron chi connectivity index (χ4n) is 3.06. The minimum atomic E-state index is -4.82. The molecule has 182 valence electrons. The molecule has 3 aromatic rings. The van der Waals surface area contributed by atoms with Gasteiger partial charge in [0, 0.05) is 25.4 Å². The third kappa shape index (κ3) is 5.98. The lowest BCUT2D eigenvalue weighted by Crippen LogP contribution is -2.23. The van der Waals surface area contributed by atoms with Gasteiger partial charge in [-0.25, -0.2) is 14.2 Å². The van der Waals surface area contributed by atoms with Crippen LogP contribution in [0.15, 0.2) is 36.8 Å². The Balaban J connectivity index is 1.97. The average Bonchev–Trinajstić information content (AvgIpc) is 3.28. The number of anilines is 1. The molecule has 34 heavy (non-hydrogen) atoms. The van der Waals surface area contributed by atoms with Gasteiger partial charge in [0.25, 0.3) is 0 Å². The Kier molecular flexibility index (Phi) is 7.66. The van der Waals surface area contributed by atoms with Crippen molar-refractivity contribution in [1.29, 1.82) is 0 Å². The normalized spacial score (nSPS) is 12.3. The highest BCUT2D eigenvalue weighted by molar-refractivity contribution is 5.96. The molecule has 1 N–H and O–H groups in total. The third-order valence-corrected chi connectivity index (χ3v) is 4.49. The summed E-state index contributed by atoms with van der Waals surface area (Å²) in [7, 11) is 2.54. The molecular formula is C21H21F4N5O4. The van der Waals surface area contributed by atoms with Crippen molar-refractivity contribution >= 4 is 11.7 Å². The van der Waals surface area contributed by atoms with Crippen molar-refractivity contribution in [2.75, 3.05) is 26.1 Å². The predicted molar refractivity (Wildman–Crippen MR) is 111 cm³/mol. The van der Waals surface area contributed by atoms with Crippen molar-refractivity contribution in [2.45, 2.75) is 25.7 Å². The van der Waals surface area contributed by atoms with Gasteiger partial charge in [-0.1, -0.05) is 0 Å². The van der Waals surface area contributed by atoms with E-state index >= 15 is 0 Å². The van der Waals surface area contributed by atoms with Crippen LogP contribution in [0, 0.1) is 5.82 Å². The molecule has 9 nitrogen and oxygen atoms in total. The number of carbonyl (C=O) groups excluding carboxylic acids is 1. The summed E-state index contributed by atoms with van der Waals surface area (Å²) in [6, 6.07) is 2.37. The number of hydrogen-bond donors (Lipinski definition) is 1. The number of hydrogen-bond acceptors (Lipinski definition) is 8. The van der Waals surface area contributed by atoms with Crippen LogP contribution in [0.2, 0.25) is 0 Å². The van der Waals surface area contributed by atoms with Gasteiger partial charge >= 0.3 is 12.1 Å². The van der Waals surface area contributed by atoms with E-state index in [-0.39, 0.29) is 41.8 Å². The molecule has 2 aromatic heterocycles. The first-order valence-electron chi connectivity index (χ1n) is 9.87. The van der Waals surface area contributed by atoms with Crippen molar-refractivity contribution in [3.8, 4) is 11.6 Å². The van der Waals surface area contributed by atoms with E-state index in [1.807, 2.05) is 0 Å². The highest BCUT2D eigenvalue weighted by Gasteiger charge is 2.36. The zero-order valence-electron chi connectivity index (χ0n) is 18.4. The molecule has 0 saturated heterocycles. The first-order valence-corrected chi connectivity index (χ1v) is 9.87. The Hall–Kier alpha value is -3.74. The van der Waals surface area contributed by atoms with Crippen molar-refractivity contribution in [3.05, 3.63) is 59.3 Å².